The Morgan fingerprint density at radius 2 is 1.89 bits per heavy atom. The summed E-state index contributed by atoms with van der Waals surface area (Å²) in [6.45, 7) is 0.672. The number of rotatable bonds is 4. The Labute approximate surface area is 118 Å². The topological polar surface area (TPSA) is 33.2 Å². The molecule has 0 saturated carbocycles. The first-order chi connectivity index (χ1) is 9.18. The minimum absolute atomic E-state index is 0.000318. The number of carbonyl (C=O) groups excluding carboxylic acids is 1. The van der Waals surface area contributed by atoms with Crippen LogP contribution in [0.2, 0.25) is 0 Å². The van der Waals surface area contributed by atoms with Gasteiger partial charge in [0, 0.05) is 30.9 Å². The molecule has 0 saturated heterocycles. The predicted octanol–water partition coefficient (Wildman–Crippen LogP) is 2.69. The maximum Gasteiger partial charge on any atom is 0.254 e. The minimum atomic E-state index is -0.000318. The van der Waals surface area contributed by atoms with Crippen molar-refractivity contribution in [1.29, 1.82) is 0 Å². The van der Waals surface area contributed by atoms with E-state index in [0.29, 0.717) is 17.0 Å². The summed E-state index contributed by atoms with van der Waals surface area (Å²) >= 11 is 4.31. The number of likely N-dealkylation sites (N-methyl/N-ethyl adjacent to an activating group) is 1. The number of hydrogen-bond donors (Lipinski definition) is 1. The van der Waals surface area contributed by atoms with Crippen LogP contribution in [0.5, 0.6) is 0 Å². The van der Waals surface area contributed by atoms with Crippen molar-refractivity contribution in [2.75, 3.05) is 13.6 Å². The highest BCUT2D eigenvalue weighted by Gasteiger charge is 2.13. The van der Waals surface area contributed by atoms with E-state index in [1.54, 1.807) is 23.4 Å². The van der Waals surface area contributed by atoms with Gasteiger partial charge in [-0.05, 0) is 36.2 Å². The molecule has 98 valence electrons. The summed E-state index contributed by atoms with van der Waals surface area (Å²) < 4.78 is 0. The zero-order valence-electron chi connectivity index (χ0n) is 10.8. The smallest absolute Gasteiger partial charge is 0.254 e. The van der Waals surface area contributed by atoms with E-state index in [1.807, 2.05) is 37.4 Å². The van der Waals surface area contributed by atoms with Gasteiger partial charge in [0.15, 0.2) is 0 Å². The van der Waals surface area contributed by atoms with E-state index in [0.717, 1.165) is 6.42 Å². The molecule has 0 aliphatic rings. The molecule has 4 heteroatoms. The van der Waals surface area contributed by atoms with Gasteiger partial charge in [-0.15, -0.1) is 12.6 Å². The first-order valence-electron chi connectivity index (χ1n) is 6.11. The summed E-state index contributed by atoms with van der Waals surface area (Å²) in [6, 6.07) is 11.3. The Morgan fingerprint density at radius 1 is 1.21 bits per heavy atom. The van der Waals surface area contributed by atoms with Crippen molar-refractivity contribution >= 4 is 18.5 Å². The zero-order valence-corrected chi connectivity index (χ0v) is 11.7. The van der Waals surface area contributed by atoms with Gasteiger partial charge >= 0.3 is 0 Å². The van der Waals surface area contributed by atoms with Crippen molar-refractivity contribution in [3.63, 3.8) is 0 Å². The largest absolute Gasteiger partial charge is 0.341 e. The van der Waals surface area contributed by atoms with E-state index in [4.69, 9.17) is 0 Å². The fourth-order valence-corrected chi connectivity index (χ4v) is 2.06. The van der Waals surface area contributed by atoms with Crippen LogP contribution in [0.25, 0.3) is 0 Å². The highest BCUT2D eigenvalue weighted by molar-refractivity contribution is 7.80. The molecule has 0 unspecified atom stereocenters. The van der Waals surface area contributed by atoms with Gasteiger partial charge < -0.3 is 4.90 Å². The Hall–Kier alpha value is -1.81. The van der Waals surface area contributed by atoms with Gasteiger partial charge in [0.05, 0.1) is 5.56 Å². The van der Waals surface area contributed by atoms with Gasteiger partial charge in [0.1, 0.15) is 0 Å². The number of pyridine rings is 1. The van der Waals surface area contributed by atoms with Gasteiger partial charge in [-0.25, -0.2) is 0 Å². The van der Waals surface area contributed by atoms with Crippen LogP contribution >= 0.6 is 12.6 Å². The summed E-state index contributed by atoms with van der Waals surface area (Å²) in [5.74, 6) is -0.000318. The van der Waals surface area contributed by atoms with Gasteiger partial charge in [0.2, 0.25) is 0 Å². The molecule has 0 atom stereocenters. The Bertz CT molecular complexity index is 557. The summed E-state index contributed by atoms with van der Waals surface area (Å²) in [5, 5.41) is 0. The number of thiol groups is 1. The van der Waals surface area contributed by atoms with Crippen molar-refractivity contribution in [2.45, 2.75) is 11.3 Å². The van der Waals surface area contributed by atoms with Crippen molar-refractivity contribution in [3.8, 4) is 0 Å². The number of carbonyl (C=O) groups is 1. The molecule has 0 fully saturated rings. The molecule has 1 amide bonds. The summed E-state index contributed by atoms with van der Waals surface area (Å²) in [4.78, 5) is 18.7. The molecular weight excluding hydrogens is 256 g/mol. The highest BCUT2D eigenvalue weighted by atomic mass is 32.1. The third-order valence-electron chi connectivity index (χ3n) is 2.97. The molecule has 2 rings (SSSR count). The van der Waals surface area contributed by atoms with Gasteiger partial charge in [-0.1, -0.05) is 12.1 Å². The Morgan fingerprint density at radius 3 is 2.58 bits per heavy atom. The van der Waals surface area contributed by atoms with Crippen molar-refractivity contribution in [2.24, 2.45) is 0 Å². The SMILES string of the molecule is CN(CCc1ccncc1)C(=O)c1ccccc1S. The lowest BCUT2D eigenvalue weighted by atomic mass is 10.1. The van der Waals surface area contributed by atoms with Crippen molar-refractivity contribution in [3.05, 3.63) is 59.9 Å². The highest BCUT2D eigenvalue weighted by Crippen LogP contribution is 2.15. The fraction of sp³-hybridized carbons (Fsp3) is 0.200. The zero-order chi connectivity index (χ0) is 13.7. The molecule has 1 aromatic carbocycles. The summed E-state index contributed by atoms with van der Waals surface area (Å²) in [5.41, 5.74) is 1.82. The van der Waals surface area contributed by atoms with Crippen molar-refractivity contribution < 1.29 is 4.79 Å². The first-order valence-corrected chi connectivity index (χ1v) is 6.55. The first kappa shape index (κ1) is 13.6. The van der Waals surface area contributed by atoms with Crippen LogP contribution in [0.4, 0.5) is 0 Å². The van der Waals surface area contributed by atoms with Crippen LogP contribution in [0, 0.1) is 0 Å². The number of aromatic nitrogens is 1. The normalized spacial score (nSPS) is 10.2. The standard InChI is InChI=1S/C15H16N2OS/c1-17(11-8-12-6-9-16-10-7-12)15(18)13-4-2-3-5-14(13)19/h2-7,9-10,19H,8,11H2,1H3. The van der Waals surface area contributed by atoms with Crippen LogP contribution in [0.1, 0.15) is 15.9 Å². The molecule has 0 spiro atoms. The molecule has 1 aromatic heterocycles. The molecule has 0 aliphatic heterocycles. The van der Waals surface area contributed by atoms with Gasteiger partial charge in [-0.3, -0.25) is 9.78 Å². The molecule has 0 N–H and O–H groups in total. The molecule has 1 heterocycles. The lowest BCUT2D eigenvalue weighted by Gasteiger charge is -2.18. The average Bonchev–Trinajstić information content (AvgIpc) is 2.45. The lowest BCUT2D eigenvalue weighted by molar-refractivity contribution is 0.0793. The molecule has 19 heavy (non-hydrogen) atoms. The van der Waals surface area contributed by atoms with Crippen LogP contribution in [0.15, 0.2) is 53.7 Å². The van der Waals surface area contributed by atoms with E-state index >= 15 is 0 Å². The molecule has 0 aliphatic carbocycles. The number of hydrogen-bond acceptors (Lipinski definition) is 3. The second-order valence-electron chi connectivity index (χ2n) is 4.35. The van der Waals surface area contributed by atoms with Crippen molar-refractivity contribution in [1.82, 2.24) is 9.88 Å². The maximum atomic E-state index is 12.3. The molecule has 2 aromatic rings. The minimum Gasteiger partial charge on any atom is -0.341 e. The number of benzene rings is 1. The average molecular weight is 272 g/mol. The van der Waals surface area contributed by atoms with Gasteiger partial charge in [-0.2, -0.15) is 0 Å². The van der Waals surface area contributed by atoms with Crippen LogP contribution in [-0.2, 0) is 6.42 Å². The Balaban J connectivity index is 1.99. The Kier molecular flexibility index (Phi) is 4.58. The monoisotopic (exact) mass is 272 g/mol. The third-order valence-corrected chi connectivity index (χ3v) is 3.36. The van der Waals surface area contributed by atoms with Crippen LogP contribution in [-0.4, -0.2) is 29.4 Å². The predicted molar refractivity (Wildman–Crippen MR) is 78.6 cm³/mol. The van der Waals surface area contributed by atoms with Crippen LogP contribution < -0.4 is 0 Å². The number of amides is 1. The third kappa shape index (κ3) is 3.58. The molecular formula is C15H16N2OS. The summed E-state index contributed by atoms with van der Waals surface area (Å²) in [6.07, 6.45) is 4.35. The second kappa shape index (κ2) is 6.38. The second-order valence-corrected chi connectivity index (χ2v) is 4.83. The van der Waals surface area contributed by atoms with E-state index in [2.05, 4.69) is 17.6 Å². The maximum absolute atomic E-state index is 12.3. The quantitative estimate of drug-likeness (QED) is 0.868. The van der Waals surface area contributed by atoms with E-state index in [-0.39, 0.29) is 5.91 Å². The van der Waals surface area contributed by atoms with Gasteiger partial charge in [0.25, 0.3) is 5.91 Å². The van der Waals surface area contributed by atoms with E-state index < -0.39 is 0 Å². The summed E-state index contributed by atoms with van der Waals surface area (Å²) in [7, 11) is 1.81. The molecule has 3 nitrogen and oxygen atoms in total. The van der Waals surface area contributed by atoms with E-state index in [9.17, 15) is 4.79 Å². The molecule has 0 bridgehead atoms. The van der Waals surface area contributed by atoms with E-state index in [1.165, 1.54) is 5.56 Å². The fourth-order valence-electron chi connectivity index (χ4n) is 1.81. The number of nitrogens with zero attached hydrogens (tertiary/aromatic N) is 2. The lowest BCUT2D eigenvalue weighted by Crippen LogP contribution is -2.29. The molecule has 0 radical (unpaired) electrons. The van der Waals surface area contributed by atoms with Crippen LogP contribution in [0.3, 0.4) is 0 Å².